The van der Waals surface area contributed by atoms with Crippen molar-refractivity contribution in [3.05, 3.63) is 0 Å². The summed E-state index contributed by atoms with van der Waals surface area (Å²) in [7, 11) is 0. The summed E-state index contributed by atoms with van der Waals surface area (Å²) >= 11 is 0. The molecule has 6 heteroatoms. The maximum atomic E-state index is 13.6. The third-order valence-corrected chi connectivity index (χ3v) is 6.29. The topological polar surface area (TPSA) is 61.9 Å². The van der Waals surface area contributed by atoms with E-state index in [-0.39, 0.29) is 35.0 Å². The van der Waals surface area contributed by atoms with Crippen LogP contribution in [-0.2, 0) is 9.53 Å². The highest BCUT2D eigenvalue weighted by Crippen LogP contribution is 2.33. The van der Waals surface area contributed by atoms with E-state index in [0.29, 0.717) is 25.6 Å². The molecule has 0 aromatic carbocycles. The standard InChI is InChI=1S/C24H45N3O3/c1-8-9-12-27(20-15-23(4,5)25-24(6,7)16-20)21(28)19-10-13-26(14-11-19)22(29)30-17-18(2)3/h18-20,25H,8-17H2,1-7H3. The highest BCUT2D eigenvalue weighted by molar-refractivity contribution is 5.79. The summed E-state index contributed by atoms with van der Waals surface area (Å²) < 4.78 is 5.36. The summed E-state index contributed by atoms with van der Waals surface area (Å²) in [6.45, 7) is 17.7. The minimum Gasteiger partial charge on any atom is -0.449 e. The van der Waals surface area contributed by atoms with Crippen molar-refractivity contribution in [1.29, 1.82) is 0 Å². The number of hydrogen-bond acceptors (Lipinski definition) is 4. The number of ether oxygens (including phenoxy) is 1. The average Bonchev–Trinajstić information content (AvgIpc) is 2.64. The molecule has 6 nitrogen and oxygen atoms in total. The zero-order chi connectivity index (χ0) is 22.5. The van der Waals surface area contributed by atoms with Crippen molar-refractivity contribution in [3.8, 4) is 0 Å². The van der Waals surface area contributed by atoms with Crippen LogP contribution in [0.25, 0.3) is 0 Å². The first-order chi connectivity index (χ1) is 13.9. The van der Waals surface area contributed by atoms with Crippen LogP contribution < -0.4 is 5.32 Å². The molecule has 0 spiro atoms. The van der Waals surface area contributed by atoms with Gasteiger partial charge in [0.15, 0.2) is 0 Å². The summed E-state index contributed by atoms with van der Waals surface area (Å²) in [6, 6.07) is 0.268. The van der Waals surface area contributed by atoms with Gasteiger partial charge in [0.2, 0.25) is 5.91 Å². The Kier molecular flexibility index (Phi) is 8.60. The van der Waals surface area contributed by atoms with Crippen LogP contribution in [0, 0.1) is 11.8 Å². The SMILES string of the molecule is CCCCN(C(=O)C1CCN(C(=O)OCC(C)C)CC1)C1CC(C)(C)NC(C)(C)C1. The van der Waals surface area contributed by atoms with E-state index in [9.17, 15) is 9.59 Å². The molecule has 1 N–H and O–H groups in total. The third-order valence-electron chi connectivity index (χ3n) is 6.29. The van der Waals surface area contributed by atoms with Gasteiger partial charge in [-0.05, 0) is 65.7 Å². The first-order valence-corrected chi connectivity index (χ1v) is 12.0. The number of nitrogens with one attached hydrogen (secondary N) is 1. The molecule has 30 heavy (non-hydrogen) atoms. The lowest BCUT2D eigenvalue weighted by Crippen LogP contribution is -2.63. The lowest BCUT2D eigenvalue weighted by Gasteiger charge is -2.50. The Balaban J connectivity index is 2.01. The van der Waals surface area contributed by atoms with Gasteiger partial charge in [0, 0.05) is 42.7 Å². The fraction of sp³-hybridized carbons (Fsp3) is 0.917. The first-order valence-electron chi connectivity index (χ1n) is 12.0. The summed E-state index contributed by atoms with van der Waals surface area (Å²) in [5.74, 6) is 0.632. The number of carbonyl (C=O) groups is 2. The van der Waals surface area contributed by atoms with Gasteiger partial charge in [-0.2, -0.15) is 0 Å². The predicted octanol–water partition coefficient (Wildman–Crippen LogP) is 4.43. The van der Waals surface area contributed by atoms with Crippen LogP contribution in [0.3, 0.4) is 0 Å². The number of likely N-dealkylation sites (tertiary alicyclic amines) is 1. The Morgan fingerprint density at radius 3 is 2.17 bits per heavy atom. The van der Waals surface area contributed by atoms with Gasteiger partial charge in [0.05, 0.1) is 6.61 Å². The van der Waals surface area contributed by atoms with E-state index in [1.54, 1.807) is 4.90 Å². The van der Waals surface area contributed by atoms with Crippen molar-refractivity contribution < 1.29 is 14.3 Å². The second-order valence-corrected chi connectivity index (χ2v) is 11.1. The van der Waals surface area contributed by atoms with Crippen LogP contribution in [0.1, 0.15) is 87.0 Å². The number of carbonyl (C=O) groups excluding carboxylic acids is 2. The summed E-state index contributed by atoms with van der Waals surface area (Å²) in [5, 5.41) is 3.73. The van der Waals surface area contributed by atoms with Crippen molar-refractivity contribution in [2.75, 3.05) is 26.2 Å². The molecule has 0 aliphatic carbocycles. The average molecular weight is 424 g/mol. The summed E-state index contributed by atoms with van der Waals surface area (Å²) in [6.07, 6.45) is 5.31. The molecule has 2 rings (SSSR count). The Morgan fingerprint density at radius 2 is 1.67 bits per heavy atom. The Hall–Kier alpha value is -1.30. The van der Waals surface area contributed by atoms with E-state index in [1.807, 2.05) is 13.8 Å². The van der Waals surface area contributed by atoms with Gasteiger partial charge in [-0.25, -0.2) is 4.79 Å². The molecular formula is C24H45N3O3. The molecule has 2 aliphatic rings. The number of unbranched alkanes of at least 4 members (excludes halogenated alkanes) is 1. The monoisotopic (exact) mass is 423 g/mol. The maximum absolute atomic E-state index is 13.6. The van der Waals surface area contributed by atoms with Gasteiger partial charge in [-0.15, -0.1) is 0 Å². The molecule has 2 fully saturated rings. The van der Waals surface area contributed by atoms with E-state index in [2.05, 4.69) is 44.8 Å². The molecule has 0 aromatic rings. The second kappa shape index (κ2) is 10.3. The minimum absolute atomic E-state index is 0.0112. The molecule has 2 amide bonds. The number of hydrogen-bond donors (Lipinski definition) is 1. The third kappa shape index (κ3) is 7.14. The lowest BCUT2D eigenvalue weighted by molar-refractivity contribution is -0.141. The van der Waals surface area contributed by atoms with Gasteiger partial charge in [0.25, 0.3) is 0 Å². The van der Waals surface area contributed by atoms with Crippen molar-refractivity contribution >= 4 is 12.0 Å². The van der Waals surface area contributed by atoms with Crippen LogP contribution in [-0.4, -0.2) is 65.2 Å². The predicted molar refractivity (Wildman–Crippen MR) is 121 cm³/mol. The van der Waals surface area contributed by atoms with Gasteiger partial charge in [0.1, 0.15) is 0 Å². The van der Waals surface area contributed by atoms with Crippen LogP contribution in [0.5, 0.6) is 0 Å². The smallest absolute Gasteiger partial charge is 0.409 e. The molecule has 174 valence electrons. The van der Waals surface area contributed by atoms with E-state index in [0.717, 1.165) is 45.1 Å². The molecule has 0 aromatic heterocycles. The van der Waals surface area contributed by atoms with E-state index >= 15 is 0 Å². The Bertz CT molecular complexity index is 564. The van der Waals surface area contributed by atoms with Gasteiger partial charge >= 0.3 is 6.09 Å². The van der Waals surface area contributed by atoms with Crippen LogP contribution in [0.4, 0.5) is 4.79 Å². The van der Waals surface area contributed by atoms with Gasteiger partial charge < -0.3 is 19.9 Å². The van der Waals surface area contributed by atoms with E-state index in [4.69, 9.17) is 4.74 Å². The van der Waals surface area contributed by atoms with Crippen molar-refractivity contribution in [2.24, 2.45) is 11.8 Å². The molecule has 2 aliphatic heterocycles. The molecule has 0 saturated carbocycles. The van der Waals surface area contributed by atoms with Crippen LogP contribution in [0.2, 0.25) is 0 Å². The van der Waals surface area contributed by atoms with Crippen molar-refractivity contribution in [3.63, 3.8) is 0 Å². The number of amides is 2. The Labute approximate surface area is 184 Å². The highest BCUT2D eigenvalue weighted by Gasteiger charge is 2.42. The molecular weight excluding hydrogens is 378 g/mol. The number of nitrogens with zero attached hydrogens (tertiary/aromatic N) is 2. The quantitative estimate of drug-likeness (QED) is 0.658. The van der Waals surface area contributed by atoms with Crippen molar-refractivity contribution in [2.45, 2.75) is 104 Å². The van der Waals surface area contributed by atoms with Crippen molar-refractivity contribution in [1.82, 2.24) is 15.1 Å². The first kappa shape index (κ1) is 25.0. The molecule has 0 atom stereocenters. The maximum Gasteiger partial charge on any atom is 0.409 e. The fourth-order valence-corrected chi connectivity index (χ4v) is 5.16. The number of piperidine rings is 2. The fourth-order valence-electron chi connectivity index (χ4n) is 5.16. The molecule has 2 saturated heterocycles. The normalized spacial score (nSPS) is 22.2. The number of rotatable bonds is 7. The molecule has 2 heterocycles. The van der Waals surface area contributed by atoms with E-state index < -0.39 is 0 Å². The summed E-state index contributed by atoms with van der Waals surface area (Å²) in [4.78, 5) is 29.8. The van der Waals surface area contributed by atoms with Gasteiger partial charge in [-0.1, -0.05) is 27.2 Å². The molecule has 0 radical (unpaired) electrons. The Morgan fingerprint density at radius 1 is 1.10 bits per heavy atom. The van der Waals surface area contributed by atoms with Crippen LogP contribution in [0.15, 0.2) is 0 Å². The highest BCUT2D eigenvalue weighted by atomic mass is 16.6. The zero-order valence-electron chi connectivity index (χ0n) is 20.4. The van der Waals surface area contributed by atoms with Gasteiger partial charge in [-0.3, -0.25) is 4.79 Å². The lowest BCUT2D eigenvalue weighted by atomic mass is 9.78. The zero-order valence-corrected chi connectivity index (χ0v) is 20.4. The summed E-state index contributed by atoms with van der Waals surface area (Å²) in [5.41, 5.74) is 0.0292. The largest absolute Gasteiger partial charge is 0.449 e. The van der Waals surface area contributed by atoms with E-state index in [1.165, 1.54) is 0 Å². The second-order valence-electron chi connectivity index (χ2n) is 11.1. The minimum atomic E-state index is -0.237. The molecule has 0 unspecified atom stereocenters. The molecule has 0 bridgehead atoms. The van der Waals surface area contributed by atoms with Crippen LogP contribution >= 0.6 is 0 Å².